The summed E-state index contributed by atoms with van der Waals surface area (Å²) in [7, 11) is -1.82. The lowest BCUT2D eigenvalue weighted by molar-refractivity contribution is 0.288. The van der Waals surface area contributed by atoms with Gasteiger partial charge in [-0.05, 0) is 12.1 Å². The molecule has 2 aromatic rings. The van der Waals surface area contributed by atoms with Crippen molar-refractivity contribution in [2.24, 2.45) is 0 Å². The maximum absolute atomic E-state index is 8.57. The molecule has 1 heterocycles. The second-order valence-electron chi connectivity index (χ2n) is 2.81. The first-order valence-electron chi connectivity index (χ1n) is 4.05. The number of nitrogens with zero attached hydrogens (tertiary/aromatic N) is 1. The quantitative estimate of drug-likeness (QED) is 0.678. The molecular weight excluding hydrogens is 185 g/mol. The normalized spacial score (nSPS) is 10.5. The van der Waals surface area contributed by atoms with Crippen LogP contribution in [-0.2, 0) is 0 Å². The van der Waals surface area contributed by atoms with Gasteiger partial charge in [0.05, 0.1) is 0 Å². The Labute approximate surface area is 80.1 Å². The molecule has 0 unspecified atom stereocenters. The largest absolute Gasteiger partial charge is 0.707 e. The molecule has 0 amide bonds. The van der Waals surface area contributed by atoms with Gasteiger partial charge < -0.3 is 19.1 Å². The van der Waals surface area contributed by atoms with E-state index in [1.807, 2.05) is 0 Å². The average molecular weight is 193 g/mol. The van der Waals surface area contributed by atoms with E-state index >= 15 is 0 Å². The van der Waals surface area contributed by atoms with Gasteiger partial charge in [-0.25, -0.2) is 4.98 Å². The van der Waals surface area contributed by atoms with E-state index in [9.17, 15) is 0 Å². The Morgan fingerprint density at radius 3 is 2.93 bits per heavy atom. The Morgan fingerprint density at radius 1 is 1.43 bits per heavy atom. The molecular formula is C8H8BNO4. The highest BCUT2D eigenvalue weighted by atomic mass is 16.6. The molecule has 6 heteroatoms. The second-order valence-corrected chi connectivity index (χ2v) is 2.81. The fourth-order valence-electron chi connectivity index (χ4n) is 1.22. The number of hydrogen-bond acceptors (Lipinski definition) is 5. The molecule has 0 aliphatic rings. The first kappa shape index (κ1) is 9.05. The van der Waals surface area contributed by atoms with E-state index in [4.69, 9.17) is 14.5 Å². The van der Waals surface area contributed by atoms with Crippen molar-refractivity contribution in [1.82, 2.24) is 4.98 Å². The van der Waals surface area contributed by atoms with Crippen molar-refractivity contribution < 1.29 is 19.1 Å². The monoisotopic (exact) mass is 193 g/mol. The Bertz CT molecular complexity index is 454. The Balaban J connectivity index is 2.40. The van der Waals surface area contributed by atoms with Gasteiger partial charge in [-0.1, -0.05) is 0 Å². The number of hydrogen-bond donors (Lipinski definition) is 2. The Kier molecular flexibility index (Phi) is 2.15. The molecule has 2 N–H and O–H groups in total. The summed E-state index contributed by atoms with van der Waals surface area (Å²) in [6.45, 7) is 1.74. The number of benzene rings is 1. The van der Waals surface area contributed by atoms with Gasteiger partial charge in [0.2, 0.25) is 0 Å². The highest BCUT2D eigenvalue weighted by molar-refractivity contribution is 6.33. The number of aryl methyl sites for hydroxylation is 1. The van der Waals surface area contributed by atoms with Gasteiger partial charge in [0.25, 0.3) is 0 Å². The molecule has 0 fully saturated rings. The lowest BCUT2D eigenvalue weighted by atomic mass is 10.2. The summed E-state index contributed by atoms with van der Waals surface area (Å²) < 4.78 is 9.89. The van der Waals surface area contributed by atoms with Crippen molar-refractivity contribution in [3.05, 3.63) is 24.1 Å². The number of rotatable bonds is 2. The standard InChI is InChI=1S/C8H8BNO4/c1-5-10-7-3-2-6(14-9(11)12)4-8(7)13-5/h2-4,11-12H,1H3. The van der Waals surface area contributed by atoms with Crippen LogP contribution in [0.5, 0.6) is 5.75 Å². The summed E-state index contributed by atoms with van der Waals surface area (Å²) in [4.78, 5) is 4.09. The van der Waals surface area contributed by atoms with Crippen LogP contribution in [0.3, 0.4) is 0 Å². The molecule has 2 rings (SSSR count). The molecule has 0 radical (unpaired) electrons. The first-order valence-corrected chi connectivity index (χ1v) is 4.05. The molecule has 72 valence electrons. The van der Waals surface area contributed by atoms with Gasteiger partial charge >= 0.3 is 7.32 Å². The molecule has 0 aliphatic heterocycles. The molecule has 1 aromatic heterocycles. The fraction of sp³-hybridized carbons (Fsp3) is 0.125. The molecule has 0 bridgehead atoms. The van der Waals surface area contributed by atoms with Crippen LogP contribution in [0.1, 0.15) is 5.89 Å². The molecule has 0 aliphatic carbocycles. The van der Waals surface area contributed by atoms with E-state index in [1.165, 1.54) is 0 Å². The average Bonchev–Trinajstić information content (AvgIpc) is 2.42. The molecule has 0 spiro atoms. The third-order valence-corrected chi connectivity index (χ3v) is 1.71. The number of fused-ring (bicyclic) bond motifs is 1. The van der Waals surface area contributed by atoms with Crippen LogP contribution >= 0.6 is 0 Å². The summed E-state index contributed by atoms with van der Waals surface area (Å²) in [6.07, 6.45) is 0. The van der Waals surface area contributed by atoms with Gasteiger partial charge in [-0.15, -0.1) is 0 Å². The zero-order valence-corrected chi connectivity index (χ0v) is 7.47. The van der Waals surface area contributed by atoms with Crippen LogP contribution < -0.4 is 4.65 Å². The molecule has 14 heavy (non-hydrogen) atoms. The predicted octanol–water partition coefficient (Wildman–Crippen LogP) is 0.485. The maximum Gasteiger partial charge on any atom is 0.707 e. The summed E-state index contributed by atoms with van der Waals surface area (Å²) >= 11 is 0. The first-order chi connectivity index (χ1) is 6.65. The van der Waals surface area contributed by atoms with E-state index in [-0.39, 0.29) is 0 Å². The highest BCUT2D eigenvalue weighted by Gasteiger charge is 2.12. The van der Waals surface area contributed by atoms with Crippen molar-refractivity contribution in [1.29, 1.82) is 0 Å². The zero-order valence-electron chi connectivity index (χ0n) is 7.47. The van der Waals surface area contributed by atoms with Gasteiger partial charge in [0.15, 0.2) is 11.5 Å². The van der Waals surface area contributed by atoms with Crippen LogP contribution in [0.25, 0.3) is 11.1 Å². The van der Waals surface area contributed by atoms with Crippen LogP contribution in [0, 0.1) is 6.92 Å². The smallest absolute Gasteiger partial charge is 0.512 e. The van der Waals surface area contributed by atoms with Crippen molar-refractivity contribution in [3.63, 3.8) is 0 Å². The minimum atomic E-state index is -1.82. The van der Waals surface area contributed by atoms with Gasteiger partial charge in [-0.3, -0.25) is 0 Å². The minimum absolute atomic E-state index is 0.323. The van der Waals surface area contributed by atoms with Crippen molar-refractivity contribution in [3.8, 4) is 5.75 Å². The molecule has 0 saturated heterocycles. The van der Waals surface area contributed by atoms with E-state index in [0.29, 0.717) is 22.7 Å². The SMILES string of the molecule is Cc1nc2ccc(OB(O)O)cc2o1. The molecule has 0 atom stereocenters. The molecule has 0 saturated carbocycles. The van der Waals surface area contributed by atoms with E-state index in [2.05, 4.69) is 9.64 Å². The summed E-state index contributed by atoms with van der Waals surface area (Å²) in [6, 6.07) is 4.82. The number of aromatic nitrogens is 1. The van der Waals surface area contributed by atoms with Crippen LogP contribution in [0.15, 0.2) is 22.6 Å². The lowest BCUT2D eigenvalue weighted by Gasteiger charge is -2.02. The lowest BCUT2D eigenvalue weighted by Crippen LogP contribution is -2.20. The Hall–Kier alpha value is -1.53. The van der Waals surface area contributed by atoms with E-state index < -0.39 is 7.32 Å². The second kappa shape index (κ2) is 3.32. The fourth-order valence-corrected chi connectivity index (χ4v) is 1.22. The van der Waals surface area contributed by atoms with Crippen molar-refractivity contribution >= 4 is 18.4 Å². The summed E-state index contributed by atoms with van der Waals surface area (Å²) in [5.41, 5.74) is 1.27. The van der Waals surface area contributed by atoms with Crippen molar-refractivity contribution in [2.45, 2.75) is 6.92 Å². The highest BCUT2D eigenvalue weighted by Crippen LogP contribution is 2.21. The van der Waals surface area contributed by atoms with Crippen LogP contribution in [-0.4, -0.2) is 22.4 Å². The molecule has 5 nitrogen and oxygen atoms in total. The minimum Gasteiger partial charge on any atom is -0.512 e. The van der Waals surface area contributed by atoms with Gasteiger partial charge in [-0.2, -0.15) is 0 Å². The number of oxazole rings is 1. The molecule has 1 aromatic carbocycles. The zero-order chi connectivity index (χ0) is 10.1. The summed E-state index contributed by atoms with van der Waals surface area (Å²) in [5.74, 6) is 0.880. The Morgan fingerprint density at radius 2 is 2.21 bits per heavy atom. The van der Waals surface area contributed by atoms with Gasteiger partial charge in [0.1, 0.15) is 11.3 Å². The maximum atomic E-state index is 8.57. The summed E-state index contributed by atoms with van der Waals surface area (Å²) in [5, 5.41) is 17.1. The predicted molar refractivity (Wildman–Crippen MR) is 49.6 cm³/mol. The topological polar surface area (TPSA) is 75.7 Å². The van der Waals surface area contributed by atoms with Crippen LogP contribution in [0.2, 0.25) is 0 Å². The van der Waals surface area contributed by atoms with Crippen LogP contribution in [0.4, 0.5) is 0 Å². The van der Waals surface area contributed by atoms with Gasteiger partial charge in [0, 0.05) is 13.0 Å². The third kappa shape index (κ3) is 1.71. The third-order valence-electron chi connectivity index (χ3n) is 1.71. The van der Waals surface area contributed by atoms with E-state index in [0.717, 1.165) is 0 Å². The van der Waals surface area contributed by atoms with E-state index in [1.54, 1.807) is 25.1 Å². The van der Waals surface area contributed by atoms with Crippen molar-refractivity contribution in [2.75, 3.05) is 0 Å².